The first-order chi connectivity index (χ1) is 9.01. The van der Waals surface area contributed by atoms with Crippen LogP contribution in [-0.4, -0.2) is 18.4 Å². The van der Waals surface area contributed by atoms with Gasteiger partial charge in [0.15, 0.2) is 0 Å². The number of hydrogen-bond donors (Lipinski definition) is 1. The van der Waals surface area contributed by atoms with Crippen LogP contribution in [0.4, 0.5) is 0 Å². The predicted octanol–water partition coefficient (Wildman–Crippen LogP) is 3.10. The third kappa shape index (κ3) is 4.84. The molecule has 4 heteroatoms. The molecule has 19 heavy (non-hydrogen) atoms. The molecule has 1 amide bonds. The number of rotatable bonds is 7. The zero-order valence-electron chi connectivity index (χ0n) is 11.8. The van der Waals surface area contributed by atoms with Crippen molar-refractivity contribution < 1.29 is 9.53 Å². The summed E-state index contributed by atoms with van der Waals surface area (Å²) in [6, 6.07) is 7.96. The van der Waals surface area contributed by atoms with Crippen molar-refractivity contribution in [3.63, 3.8) is 0 Å². The van der Waals surface area contributed by atoms with E-state index >= 15 is 0 Å². The molecule has 0 unspecified atom stereocenters. The van der Waals surface area contributed by atoms with E-state index in [1.54, 1.807) is 0 Å². The Morgan fingerprint density at radius 3 is 2.53 bits per heavy atom. The van der Waals surface area contributed by atoms with E-state index in [9.17, 15) is 4.79 Å². The number of carbonyl (C=O) groups is 1. The molecule has 0 aliphatic carbocycles. The molecule has 3 nitrogen and oxygen atoms in total. The minimum atomic E-state index is -0.545. The Morgan fingerprint density at radius 1 is 1.32 bits per heavy atom. The van der Waals surface area contributed by atoms with Gasteiger partial charge in [-0.2, -0.15) is 0 Å². The van der Waals surface area contributed by atoms with E-state index in [1.165, 1.54) is 0 Å². The number of ether oxygens (including phenoxy) is 1. The molecule has 0 aliphatic rings. The minimum Gasteiger partial charge on any atom is -0.377 e. The van der Waals surface area contributed by atoms with E-state index in [-0.39, 0.29) is 5.91 Å². The minimum absolute atomic E-state index is 0.0336. The zero-order valence-corrected chi connectivity index (χ0v) is 12.6. The number of hydrogen-bond acceptors (Lipinski definition) is 2. The number of halogens is 1. The lowest BCUT2D eigenvalue weighted by Crippen LogP contribution is -2.37. The maximum atomic E-state index is 12.0. The van der Waals surface area contributed by atoms with Crippen LogP contribution in [0.25, 0.3) is 0 Å². The molecule has 0 bridgehead atoms. The fraction of sp³-hybridized carbons (Fsp3) is 0.533. The Balaban J connectivity index is 2.65. The second kappa shape index (κ2) is 7.51. The van der Waals surface area contributed by atoms with Crippen LogP contribution < -0.4 is 5.32 Å². The largest absolute Gasteiger partial charge is 0.377 e. The van der Waals surface area contributed by atoms with Gasteiger partial charge in [-0.05, 0) is 31.9 Å². The van der Waals surface area contributed by atoms with Gasteiger partial charge in [-0.3, -0.25) is 4.79 Å². The molecule has 106 valence electrons. The van der Waals surface area contributed by atoms with Crippen LogP contribution in [0.2, 0.25) is 0 Å². The maximum absolute atomic E-state index is 12.0. The maximum Gasteiger partial charge on any atom is 0.227 e. The quantitative estimate of drug-likeness (QED) is 0.781. The molecule has 0 fully saturated rings. The Morgan fingerprint density at radius 2 is 1.95 bits per heavy atom. The van der Waals surface area contributed by atoms with Crippen LogP contribution in [0, 0.1) is 5.41 Å². The number of alkyl halides is 1. The van der Waals surface area contributed by atoms with Crippen molar-refractivity contribution in [1.29, 1.82) is 0 Å². The molecule has 0 aliphatic heterocycles. The van der Waals surface area contributed by atoms with Crippen molar-refractivity contribution in [2.45, 2.75) is 33.9 Å². The highest BCUT2D eigenvalue weighted by atomic mass is 35.5. The van der Waals surface area contributed by atoms with Crippen LogP contribution >= 0.6 is 11.6 Å². The summed E-state index contributed by atoms with van der Waals surface area (Å²) in [5.41, 5.74) is 1.64. The monoisotopic (exact) mass is 283 g/mol. The summed E-state index contributed by atoms with van der Waals surface area (Å²) in [6.45, 7) is 7.39. The topological polar surface area (TPSA) is 38.3 Å². The fourth-order valence-electron chi connectivity index (χ4n) is 1.56. The zero-order chi connectivity index (χ0) is 14.3. The van der Waals surface area contributed by atoms with E-state index in [0.29, 0.717) is 25.6 Å². The van der Waals surface area contributed by atoms with E-state index < -0.39 is 5.41 Å². The summed E-state index contributed by atoms with van der Waals surface area (Å²) in [5.74, 6) is 0.271. The molecule has 1 rings (SSSR count). The van der Waals surface area contributed by atoms with Gasteiger partial charge in [0, 0.05) is 19.0 Å². The van der Waals surface area contributed by atoms with E-state index in [0.717, 1.165) is 11.1 Å². The van der Waals surface area contributed by atoms with Gasteiger partial charge in [-0.1, -0.05) is 24.3 Å². The molecular formula is C15H22ClNO2. The van der Waals surface area contributed by atoms with Gasteiger partial charge < -0.3 is 10.1 Å². The Kier molecular flexibility index (Phi) is 6.32. The summed E-state index contributed by atoms with van der Waals surface area (Å²) in [7, 11) is 0. The Hall–Kier alpha value is -1.06. The van der Waals surface area contributed by atoms with Gasteiger partial charge in [0.05, 0.1) is 12.0 Å². The predicted molar refractivity (Wildman–Crippen MR) is 78.1 cm³/mol. The van der Waals surface area contributed by atoms with Crippen molar-refractivity contribution in [1.82, 2.24) is 5.32 Å². The Labute approximate surface area is 120 Å². The van der Waals surface area contributed by atoms with Gasteiger partial charge in [0.1, 0.15) is 0 Å². The average molecular weight is 284 g/mol. The molecular weight excluding hydrogens is 262 g/mol. The lowest BCUT2D eigenvalue weighted by molar-refractivity contribution is -0.128. The van der Waals surface area contributed by atoms with Crippen LogP contribution in [-0.2, 0) is 22.7 Å². The molecule has 0 saturated carbocycles. The number of nitrogens with one attached hydrogen (secondary N) is 1. The summed E-state index contributed by atoms with van der Waals surface area (Å²) in [6.07, 6.45) is 0. The molecule has 0 aromatic heterocycles. The van der Waals surface area contributed by atoms with Crippen molar-refractivity contribution in [3.8, 4) is 0 Å². The molecule has 0 spiro atoms. The molecule has 0 radical (unpaired) electrons. The fourth-order valence-corrected chi connectivity index (χ4v) is 1.68. The summed E-state index contributed by atoms with van der Waals surface area (Å²) >= 11 is 5.79. The summed E-state index contributed by atoms with van der Waals surface area (Å²) in [5, 5.41) is 2.93. The smallest absolute Gasteiger partial charge is 0.227 e. The van der Waals surface area contributed by atoms with Crippen molar-refractivity contribution in [3.05, 3.63) is 35.4 Å². The van der Waals surface area contributed by atoms with E-state index in [1.807, 2.05) is 45.0 Å². The van der Waals surface area contributed by atoms with Gasteiger partial charge >= 0.3 is 0 Å². The molecule has 0 saturated heterocycles. The van der Waals surface area contributed by atoms with Crippen molar-refractivity contribution in [2.75, 3.05) is 12.5 Å². The van der Waals surface area contributed by atoms with E-state index in [2.05, 4.69) is 5.32 Å². The van der Waals surface area contributed by atoms with Crippen LogP contribution in [0.5, 0.6) is 0 Å². The highest BCUT2D eigenvalue weighted by Crippen LogP contribution is 2.17. The highest BCUT2D eigenvalue weighted by Gasteiger charge is 2.26. The molecule has 1 aromatic carbocycles. The number of benzene rings is 1. The SMILES string of the molecule is CCOCc1ccccc1CNC(=O)C(C)(C)CCl. The summed E-state index contributed by atoms with van der Waals surface area (Å²) in [4.78, 5) is 12.0. The van der Waals surface area contributed by atoms with Gasteiger partial charge in [-0.15, -0.1) is 11.6 Å². The number of carbonyl (C=O) groups excluding carboxylic acids is 1. The third-order valence-corrected chi connectivity index (χ3v) is 3.64. The highest BCUT2D eigenvalue weighted by molar-refractivity contribution is 6.19. The van der Waals surface area contributed by atoms with Crippen LogP contribution in [0.1, 0.15) is 31.9 Å². The third-order valence-electron chi connectivity index (χ3n) is 2.97. The standard InChI is InChI=1S/C15H22ClNO2/c1-4-19-10-13-8-6-5-7-12(13)9-17-14(18)15(2,3)11-16/h5-8H,4,9-11H2,1-3H3,(H,17,18). The first-order valence-corrected chi connectivity index (χ1v) is 7.03. The van der Waals surface area contributed by atoms with Gasteiger partial charge in [-0.25, -0.2) is 0 Å². The lowest BCUT2D eigenvalue weighted by Gasteiger charge is -2.21. The summed E-state index contributed by atoms with van der Waals surface area (Å²) < 4.78 is 5.42. The molecule has 0 heterocycles. The van der Waals surface area contributed by atoms with E-state index in [4.69, 9.17) is 16.3 Å². The lowest BCUT2D eigenvalue weighted by atomic mass is 9.95. The second-order valence-corrected chi connectivity index (χ2v) is 5.37. The average Bonchev–Trinajstić information content (AvgIpc) is 2.43. The van der Waals surface area contributed by atoms with Crippen molar-refractivity contribution >= 4 is 17.5 Å². The van der Waals surface area contributed by atoms with Crippen LogP contribution in [0.3, 0.4) is 0 Å². The van der Waals surface area contributed by atoms with Gasteiger partial charge in [0.2, 0.25) is 5.91 Å². The normalized spacial score (nSPS) is 11.4. The van der Waals surface area contributed by atoms with Crippen molar-refractivity contribution in [2.24, 2.45) is 5.41 Å². The second-order valence-electron chi connectivity index (χ2n) is 5.11. The molecule has 1 aromatic rings. The number of amides is 1. The first-order valence-electron chi connectivity index (χ1n) is 6.50. The van der Waals surface area contributed by atoms with Gasteiger partial charge in [0.25, 0.3) is 0 Å². The molecule has 1 N–H and O–H groups in total. The Bertz CT molecular complexity index is 418. The van der Waals surface area contributed by atoms with Crippen LogP contribution in [0.15, 0.2) is 24.3 Å². The molecule has 0 atom stereocenters. The first kappa shape index (κ1) is 16.0.